The van der Waals surface area contributed by atoms with Crippen LogP contribution in [0, 0.1) is 6.92 Å². The molecule has 2 nitrogen and oxygen atoms in total. The second-order valence-electron chi connectivity index (χ2n) is 3.22. The summed E-state index contributed by atoms with van der Waals surface area (Å²) in [6.07, 6.45) is 4.75. The molecule has 15 heavy (non-hydrogen) atoms. The summed E-state index contributed by atoms with van der Waals surface area (Å²) in [5, 5.41) is 9.89. The first-order chi connectivity index (χ1) is 7.16. The molecule has 0 saturated carbocycles. The Balaban J connectivity index is 3.07. The Morgan fingerprint density at radius 3 is 2.87 bits per heavy atom. The van der Waals surface area contributed by atoms with Crippen molar-refractivity contribution in [1.82, 2.24) is 0 Å². The number of halogens is 1. The molecule has 0 spiro atoms. The molecule has 0 aliphatic carbocycles. The van der Waals surface area contributed by atoms with Gasteiger partial charge in [0.2, 0.25) is 0 Å². The molecule has 0 aromatic heterocycles. The van der Waals surface area contributed by atoms with Crippen LogP contribution in [0.25, 0.3) is 6.08 Å². The van der Waals surface area contributed by atoms with E-state index in [0.717, 1.165) is 22.9 Å². The number of hydrogen-bond donors (Lipinski definition) is 1. The lowest BCUT2D eigenvalue weighted by Gasteiger charge is -2.04. The molecule has 0 atom stereocenters. The standard InChI is InChI=1S/C12H13BrO2/c1-9-5-4-7-11(12(14)15)10(9)6-2-3-8-13/h2,4-7H,3,8H2,1H3,(H,14,15). The van der Waals surface area contributed by atoms with Gasteiger partial charge in [0.25, 0.3) is 0 Å². The van der Waals surface area contributed by atoms with Gasteiger partial charge in [0.15, 0.2) is 0 Å². The molecular formula is C12H13BrO2. The molecule has 0 saturated heterocycles. The van der Waals surface area contributed by atoms with Crippen LogP contribution in [0.15, 0.2) is 24.3 Å². The zero-order chi connectivity index (χ0) is 11.3. The Kier molecular flexibility index (Phi) is 4.56. The lowest BCUT2D eigenvalue weighted by Crippen LogP contribution is -2.00. The van der Waals surface area contributed by atoms with E-state index in [-0.39, 0.29) is 0 Å². The third kappa shape index (κ3) is 3.20. The smallest absolute Gasteiger partial charge is 0.336 e. The number of aromatic carboxylic acids is 1. The van der Waals surface area contributed by atoms with E-state index in [1.807, 2.05) is 25.1 Å². The highest BCUT2D eigenvalue weighted by Gasteiger charge is 2.08. The predicted octanol–water partition coefficient (Wildman–Crippen LogP) is 3.49. The molecule has 3 heteroatoms. The van der Waals surface area contributed by atoms with Crippen molar-refractivity contribution in [1.29, 1.82) is 0 Å². The van der Waals surface area contributed by atoms with Crippen molar-refractivity contribution in [3.8, 4) is 0 Å². The Morgan fingerprint density at radius 1 is 1.53 bits per heavy atom. The van der Waals surface area contributed by atoms with Crippen molar-refractivity contribution in [2.45, 2.75) is 13.3 Å². The first-order valence-electron chi connectivity index (χ1n) is 4.72. The molecule has 1 aromatic rings. The SMILES string of the molecule is Cc1cccc(C(=O)O)c1C=CCCBr. The summed E-state index contributed by atoms with van der Waals surface area (Å²) in [6, 6.07) is 5.31. The molecule has 1 rings (SSSR count). The average Bonchev–Trinajstić information content (AvgIpc) is 2.20. The summed E-state index contributed by atoms with van der Waals surface area (Å²) in [5.41, 5.74) is 2.15. The van der Waals surface area contributed by atoms with Crippen LogP contribution in [0.2, 0.25) is 0 Å². The Hall–Kier alpha value is -1.09. The quantitative estimate of drug-likeness (QED) is 0.849. The molecule has 1 aromatic carbocycles. The van der Waals surface area contributed by atoms with Gasteiger partial charge in [-0.2, -0.15) is 0 Å². The predicted molar refractivity (Wildman–Crippen MR) is 65.6 cm³/mol. The number of carboxylic acid groups (broad SMARTS) is 1. The largest absolute Gasteiger partial charge is 0.478 e. The molecule has 0 aliphatic heterocycles. The van der Waals surface area contributed by atoms with E-state index in [9.17, 15) is 4.79 Å². The number of hydrogen-bond acceptors (Lipinski definition) is 1. The fourth-order valence-corrected chi connectivity index (χ4v) is 1.62. The van der Waals surface area contributed by atoms with Gasteiger partial charge in [0, 0.05) is 5.33 Å². The number of alkyl halides is 1. The van der Waals surface area contributed by atoms with Crippen LogP contribution in [0.4, 0.5) is 0 Å². The minimum Gasteiger partial charge on any atom is -0.478 e. The zero-order valence-corrected chi connectivity index (χ0v) is 10.1. The molecule has 0 radical (unpaired) electrons. The van der Waals surface area contributed by atoms with Gasteiger partial charge in [-0.05, 0) is 30.5 Å². The number of allylic oxidation sites excluding steroid dienone is 1. The maximum absolute atomic E-state index is 11.0. The second kappa shape index (κ2) is 5.71. The van der Waals surface area contributed by atoms with E-state index in [1.165, 1.54) is 0 Å². The topological polar surface area (TPSA) is 37.3 Å². The summed E-state index contributed by atoms with van der Waals surface area (Å²) in [5.74, 6) is -0.878. The lowest BCUT2D eigenvalue weighted by molar-refractivity contribution is 0.0696. The minimum atomic E-state index is -0.878. The second-order valence-corrected chi connectivity index (χ2v) is 4.01. The highest BCUT2D eigenvalue weighted by Crippen LogP contribution is 2.16. The zero-order valence-electron chi connectivity index (χ0n) is 8.53. The molecule has 0 fully saturated rings. The van der Waals surface area contributed by atoms with Gasteiger partial charge in [-0.25, -0.2) is 4.79 Å². The lowest BCUT2D eigenvalue weighted by atomic mass is 10.0. The van der Waals surface area contributed by atoms with Crippen LogP contribution in [0.3, 0.4) is 0 Å². The number of rotatable bonds is 4. The van der Waals surface area contributed by atoms with E-state index in [4.69, 9.17) is 5.11 Å². The summed E-state index contributed by atoms with van der Waals surface area (Å²) in [6.45, 7) is 1.92. The Bertz CT molecular complexity index is 383. The molecule has 0 aliphatic rings. The van der Waals surface area contributed by atoms with Crippen LogP contribution >= 0.6 is 15.9 Å². The van der Waals surface area contributed by atoms with Crippen molar-refractivity contribution in [3.05, 3.63) is 41.0 Å². The van der Waals surface area contributed by atoms with Gasteiger partial charge in [0.1, 0.15) is 0 Å². The molecule has 0 amide bonds. The van der Waals surface area contributed by atoms with Gasteiger partial charge < -0.3 is 5.11 Å². The van der Waals surface area contributed by atoms with Gasteiger partial charge >= 0.3 is 5.97 Å². The van der Waals surface area contributed by atoms with E-state index in [1.54, 1.807) is 12.1 Å². The Morgan fingerprint density at radius 2 is 2.27 bits per heavy atom. The van der Waals surface area contributed by atoms with E-state index < -0.39 is 5.97 Å². The van der Waals surface area contributed by atoms with E-state index in [2.05, 4.69) is 15.9 Å². The Labute approximate surface area is 97.8 Å². The molecule has 80 valence electrons. The van der Waals surface area contributed by atoms with Crippen molar-refractivity contribution >= 4 is 28.0 Å². The van der Waals surface area contributed by atoms with Crippen molar-refractivity contribution in [2.24, 2.45) is 0 Å². The third-order valence-corrected chi connectivity index (χ3v) is 2.57. The molecule has 0 unspecified atom stereocenters. The molecule has 0 heterocycles. The number of benzene rings is 1. The molecular weight excluding hydrogens is 256 g/mol. The maximum Gasteiger partial charge on any atom is 0.336 e. The first-order valence-corrected chi connectivity index (χ1v) is 5.84. The van der Waals surface area contributed by atoms with Gasteiger partial charge in [-0.3, -0.25) is 0 Å². The fourth-order valence-electron chi connectivity index (χ4n) is 1.35. The normalized spacial score (nSPS) is 10.8. The third-order valence-electron chi connectivity index (χ3n) is 2.11. The highest BCUT2D eigenvalue weighted by atomic mass is 79.9. The monoisotopic (exact) mass is 268 g/mol. The van der Waals surface area contributed by atoms with Gasteiger partial charge in [-0.1, -0.05) is 40.2 Å². The minimum absolute atomic E-state index is 0.362. The summed E-state index contributed by atoms with van der Waals surface area (Å²) in [4.78, 5) is 11.0. The number of carbonyl (C=O) groups is 1. The van der Waals surface area contributed by atoms with Crippen LogP contribution < -0.4 is 0 Å². The number of aryl methyl sites for hydroxylation is 1. The van der Waals surface area contributed by atoms with Crippen molar-refractivity contribution < 1.29 is 9.90 Å². The van der Waals surface area contributed by atoms with Crippen LogP contribution in [-0.4, -0.2) is 16.4 Å². The van der Waals surface area contributed by atoms with Crippen LogP contribution in [-0.2, 0) is 0 Å². The molecule has 1 N–H and O–H groups in total. The van der Waals surface area contributed by atoms with Gasteiger partial charge in [0.05, 0.1) is 5.56 Å². The van der Waals surface area contributed by atoms with Gasteiger partial charge in [-0.15, -0.1) is 0 Å². The maximum atomic E-state index is 11.0. The van der Waals surface area contributed by atoms with Crippen molar-refractivity contribution in [3.63, 3.8) is 0 Å². The number of carboxylic acids is 1. The summed E-state index contributed by atoms with van der Waals surface area (Å²) >= 11 is 3.32. The average molecular weight is 269 g/mol. The fraction of sp³-hybridized carbons (Fsp3) is 0.250. The highest BCUT2D eigenvalue weighted by molar-refractivity contribution is 9.09. The van der Waals surface area contributed by atoms with E-state index in [0.29, 0.717) is 5.56 Å². The summed E-state index contributed by atoms with van der Waals surface area (Å²) in [7, 11) is 0. The molecule has 0 bridgehead atoms. The van der Waals surface area contributed by atoms with Crippen LogP contribution in [0.5, 0.6) is 0 Å². The van der Waals surface area contributed by atoms with Crippen molar-refractivity contribution in [2.75, 3.05) is 5.33 Å². The van der Waals surface area contributed by atoms with E-state index >= 15 is 0 Å². The summed E-state index contributed by atoms with van der Waals surface area (Å²) < 4.78 is 0. The van der Waals surface area contributed by atoms with Crippen LogP contribution in [0.1, 0.15) is 27.9 Å². The first kappa shape index (κ1) is 12.0.